The minimum atomic E-state index is -3.50. The minimum Gasteiger partial charge on any atom is -0.369 e. The molecule has 2 rings (SSSR count). The van der Waals surface area contributed by atoms with Gasteiger partial charge in [0.25, 0.3) is 5.91 Å². The average molecular weight is 411 g/mol. The molecule has 1 aromatic rings. The summed E-state index contributed by atoms with van der Waals surface area (Å²) < 4.78 is 32.8. The summed E-state index contributed by atoms with van der Waals surface area (Å²) in [6, 6.07) is 5.11. The van der Waals surface area contributed by atoms with E-state index < -0.39 is 16.1 Å². The molecular weight excluding hydrogens is 376 g/mol. The highest BCUT2D eigenvalue weighted by atomic mass is 32.2. The number of anilines is 1. The average Bonchev–Trinajstić information content (AvgIpc) is 2.66. The zero-order valence-corrected chi connectivity index (χ0v) is 18.6. The van der Waals surface area contributed by atoms with Crippen LogP contribution in [0.2, 0.25) is 0 Å². The quantitative estimate of drug-likeness (QED) is 0.625. The van der Waals surface area contributed by atoms with E-state index in [4.69, 9.17) is 4.74 Å². The van der Waals surface area contributed by atoms with Gasteiger partial charge in [0, 0.05) is 31.9 Å². The van der Waals surface area contributed by atoms with Gasteiger partial charge in [0.15, 0.2) is 0 Å². The molecule has 1 aromatic carbocycles. The molecule has 0 radical (unpaired) electrons. The van der Waals surface area contributed by atoms with Gasteiger partial charge in [-0.2, -0.15) is 4.31 Å². The van der Waals surface area contributed by atoms with E-state index in [2.05, 4.69) is 13.8 Å². The van der Waals surface area contributed by atoms with Crippen LogP contribution in [0.5, 0.6) is 0 Å². The normalized spacial score (nSPS) is 15.8. The van der Waals surface area contributed by atoms with E-state index in [1.807, 2.05) is 13.8 Å². The third kappa shape index (κ3) is 5.13. The Kier molecular flexibility index (Phi) is 8.04. The number of hydrogen-bond donors (Lipinski definition) is 0. The zero-order chi connectivity index (χ0) is 20.9. The Bertz CT molecular complexity index is 773. The topological polar surface area (TPSA) is 66.9 Å². The second-order valence-corrected chi connectivity index (χ2v) is 9.61. The molecule has 0 fully saturated rings. The van der Waals surface area contributed by atoms with Crippen molar-refractivity contribution in [3.8, 4) is 0 Å². The van der Waals surface area contributed by atoms with Crippen LogP contribution in [-0.4, -0.2) is 51.0 Å². The van der Waals surface area contributed by atoms with E-state index in [-0.39, 0.29) is 5.91 Å². The second kappa shape index (κ2) is 9.85. The van der Waals surface area contributed by atoms with Gasteiger partial charge in [-0.1, -0.05) is 27.7 Å². The van der Waals surface area contributed by atoms with Crippen molar-refractivity contribution in [2.24, 2.45) is 5.92 Å². The van der Waals surface area contributed by atoms with Crippen LogP contribution in [0.15, 0.2) is 23.1 Å². The summed E-state index contributed by atoms with van der Waals surface area (Å²) in [7, 11) is -3.50. The summed E-state index contributed by atoms with van der Waals surface area (Å²) in [5, 5.41) is 0. The van der Waals surface area contributed by atoms with E-state index in [1.54, 1.807) is 30.0 Å². The van der Waals surface area contributed by atoms with Crippen molar-refractivity contribution in [1.29, 1.82) is 0 Å². The first-order valence-electron chi connectivity index (χ1n) is 10.3. The SMILES string of the molecule is CCN(CC)S(=O)(=O)c1ccc2c(c1)CCCN2C(=O)C(C)OCCC(C)C. The first-order chi connectivity index (χ1) is 13.2. The largest absolute Gasteiger partial charge is 0.369 e. The lowest BCUT2D eigenvalue weighted by molar-refractivity contribution is -0.129. The fraction of sp³-hybridized carbons (Fsp3) is 0.667. The van der Waals surface area contributed by atoms with Gasteiger partial charge in [-0.25, -0.2) is 8.42 Å². The Morgan fingerprint density at radius 2 is 1.89 bits per heavy atom. The molecule has 0 spiro atoms. The van der Waals surface area contributed by atoms with Crippen LogP contribution in [-0.2, 0) is 26.0 Å². The first-order valence-corrected chi connectivity index (χ1v) is 11.7. The summed E-state index contributed by atoms with van der Waals surface area (Å²) in [5.41, 5.74) is 1.70. The highest BCUT2D eigenvalue weighted by Crippen LogP contribution is 2.31. The molecule has 0 saturated heterocycles. The number of nitrogens with zero attached hydrogens (tertiary/aromatic N) is 2. The Morgan fingerprint density at radius 3 is 2.50 bits per heavy atom. The maximum atomic E-state index is 12.9. The first kappa shape index (κ1) is 22.8. The van der Waals surface area contributed by atoms with E-state index >= 15 is 0 Å². The third-order valence-electron chi connectivity index (χ3n) is 5.19. The van der Waals surface area contributed by atoms with Crippen molar-refractivity contribution in [2.45, 2.75) is 64.9 Å². The monoisotopic (exact) mass is 410 g/mol. The number of sulfonamides is 1. The molecule has 1 aliphatic heterocycles. The number of rotatable bonds is 9. The van der Waals surface area contributed by atoms with E-state index in [0.717, 1.165) is 30.5 Å². The molecule has 0 saturated carbocycles. The molecule has 1 unspecified atom stereocenters. The van der Waals surface area contributed by atoms with Gasteiger partial charge in [-0.15, -0.1) is 0 Å². The summed E-state index contributed by atoms with van der Waals surface area (Å²) >= 11 is 0. The van der Waals surface area contributed by atoms with Gasteiger partial charge >= 0.3 is 0 Å². The lowest BCUT2D eigenvalue weighted by Crippen LogP contribution is -2.42. The Morgan fingerprint density at radius 1 is 1.21 bits per heavy atom. The maximum Gasteiger partial charge on any atom is 0.255 e. The number of hydrogen-bond acceptors (Lipinski definition) is 4. The summed E-state index contributed by atoms with van der Waals surface area (Å²) in [6.45, 7) is 11.8. The van der Waals surface area contributed by atoms with Gasteiger partial charge in [-0.3, -0.25) is 4.79 Å². The van der Waals surface area contributed by atoms with Crippen LogP contribution in [0.4, 0.5) is 5.69 Å². The van der Waals surface area contributed by atoms with Crippen molar-refractivity contribution in [1.82, 2.24) is 4.31 Å². The van der Waals surface area contributed by atoms with Gasteiger partial charge < -0.3 is 9.64 Å². The number of amides is 1. The molecule has 0 aliphatic carbocycles. The van der Waals surface area contributed by atoms with Gasteiger partial charge in [0.2, 0.25) is 10.0 Å². The van der Waals surface area contributed by atoms with Crippen LogP contribution in [0.25, 0.3) is 0 Å². The maximum absolute atomic E-state index is 12.9. The zero-order valence-electron chi connectivity index (χ0n) is 17.8. The van der Waals surface area contributed by atoms with E-state index in [9.17, 15) is 13.2 Å². The lowest BCUT2D eigenvalue weighted by atomic mass is 10.0. The summed E-state index contributed by atoms with van der Waals surface area (Å²) in [4.78, 5) is 14.9. The molecule has 1 aliphatic rings. The molecular formula is C21H34N2O4S. The number of fused-ring (bicyclic) bond motifs is 1. The molecule has 1 amide bonds. The molecule has 0 aromatic heterocycles. The van der Waals surface area contributed by atoms with Crippen molar-refractivity contribution in [3.63, 3.8) is 0 Å². The van der Waals surface area contributed by atoms with E-state index in [0.29, 0.717) is 37.1 Å². The predicted octanol–water partition coefficient (Wildman–Crippen LogP) is 3.45. The number of carbonyl (C=O) groups excluding carboxylic acids is 1. The number of aryl methyl sites for hydroxylation is 1. The summed E-state index contributed by atoms with van der Waals surface area (Å²) in [6.07, 6.45) is 1.99. The predicted molar refractivity (Wildman–Crippen MR) is 112 cm³/mol. The van der Waals surface area contributed by atoms with Gasteiger partial charge in [-0.05, 0) is 55.9 Å². The van der Waals surface area contributed by atoms with Crippen LogP contribution in [0.1, 0.15) is 53.0 Å². The second-order valence-electron chi connectivity index (χ2n) is 7.67. The Labute approximate surface area is 169 Å². The van der Waals surface area contributed by atoms with Crippen molar-refractivity contribution < 1.29 is 17.9 Å². The van der Waals surface area contributed by atoms with Crippen LogP contribution >= 0.6 is 0 Å². The smallest absolute Gasteiger partial charge is 0.255 e. The molecule has 0 N–H and O–H groups in total. The van der Waals surface area contributed by atoms with E-state index in [1.165, 1.54) is 4.31 Å². The number of carbonyl (C=O) groups is 1. The summed E-state index contributed by atoms with van der Waals surface area (Å²) in [5.74, 6) is 0.466. The number of benzene rings is 1. The van der Waals surface area contributed by atoms with Crippen molar-refractivity contribution in [2.75, 3.05) is 31.1 Å². The number of ether oxygens (including phenoxy) is 1. The molecule has 1 atom stereocenters. The minimum absolute atomic E-state index is 0.0657. The lowest BCUT2D eigenvalue weighted by Gasteiger charge is -2.32. The molecule has 6 nitrogen and oxygen atoms in total. The molecule has 0 bridgehead atoms. The van der Waals surface area contributed by atoms with Crippen LogP contribution in [0, 0.1) is 5.92 Å². The fourth-order valence-corrected chi connectivity index (χ4v) is 4.96. The van der Waals surface area contributed by atoms with Crippen molar-refractivity contribution in [3.05, 3.63) is 23.8 Å². The highest BCUT2D eigenvalue weighted by molar-refractivity contribution is 7.89. The van der Waals surface area contributed by atoms with Crippen LogP contribution in [0.3, 0.4) is 0 Å². The van der Waals surface area contributed by atoms with Crippen molar-refractivity contribution >= 4 is 21.6 Å². The molecule has 7 heteroatoms. The Balaban J connectivity index is 2.21. The third-order valence-corrected chi connectivity index (χ3v) is 7.24. The standard InChI is InChI=1S/C21H34N2O4S/c1-6-22(7-2)28(25,26)19-10-11-20-18(15-19)9-8-13-23(20)21(24)17(5)27-14-12-16(3)4/h10-11,15-17H,6-9,12-14H2,1-5H3. The fourth-order valence-electron chi connectivity index (χ4n) is 3.45. The van der Waals surface area contributed by atoms with Crippen LogP contribution < -0.4 is 4.90 Å². The molecule has 28 heavy (non-hydrogen) atoms. The van der Waals surface area contributed by atoms with Gasteiger partial charge in [0.05, 0.1) is 4.90 Å². The Hall–Kier alpha value is -1.44. The molecule has 158 valence electrons. The highest BCUT2D eigenvalue weighted by Gasteiger charge is 2.29. The van der Waals surface area contributed by atoms with Gasteiger partial charge in [0.1, 0.15) is 6.10 Å². The molecule has 1 heterocycles.